The number of carbonyl (C=O) groups is 1. The van der Waals surface area contributed by atoms with Crippen LogP contribution in [0.25, 0.3) is 0 Å². The number of hydrogen-bond donors (Lipinski definition) is 1. The maximum Gasteiger partial charge on any atom is 0.272 e. The molecule has 0 saturated carbocycles. The smallest absolute Gasteiger partial charge is 0.272 e. The maximum atomic E-state index is 12.2. The lowest BCUT2D eigenvalue weighted by Gasteiger charge is -2.20. The minimum absolute atomic E-state index is 0.241. The summed E-state index contributed by atoms with van der Waals surface area (Å²) in [4.78, 5) is 17.7. The van der Waals surface area contributed by atoms with E-state index in [9.17, 15) is 4.79 Å². The molecule has 0 aliphatic heterocycles. The molecule has 2 N–H and O–H groups in total. The topological polar surface area (TPSA) is 92.2 Å². The summed E-state index contributed by atoms with van der Waals surface area (Å²) in [6, 6.07) is 5.15. The Bertz CT molecular complexity index is 442. The average Bonchev–Trinajstić information content (AvgIpc) is 2.38. The molecule has 0 bridgehead atoms. The molecule has 0 unspecified atom stereocenters. The van der Waals surface area contributed by atoms with E-state index in [1.165, 1.54) is 17.2 Å². The molecule has 0 aliphatic rings. The van der Waals surface area contributed by atoms with Crippen molar-refractivity contribution in [2.75, 3.05) is 32.5 Å². The first-order valence-electron chi connectivity index (χ1n) is 5.55. The van der Waals surface area contributed by atoms with Gasteiger partial charge in [0.25, 0.3) is 5.91 Å². The van der Waals surface area contributed by atoms with Crippen molar-refractivity contribution in [2.45, 2.75) is 6.42 Å². The zero-order chi connectivity index (χ0) is 13.4. The van der Waals surface area contributed by atoms with Crippen LogP contribution in [0.15, 0.2) is 18.3 Å². The molecule has 1 aromatic heterocycles. The Kier molecular flexibility index (Phi) is 5.61. The Morgan fingerprint density at radius 1 is 1.61 bits per heavy atom. The summed E-state index contributed by atoms with van der Waals surface area (Å²) in [5, 5.41) is 8.58. The van der Waals surface area contributed by atoms with Crippen LogP contribution in [0.2, 0.25) is 0 Å². The van der Waals surface area contributed by atoms with Gasteiger partial charge in [-0.1, -0.05) is 0 Å². The Hall–Kier alpha value is -2.13. The maximum absolute atomic E-state index is 12.2. The molecule has 0 atom stereocenters. The first-order valence-corrected chi connectivity index (χ1v) is 5.55. The molecular formula is C12H16N4O2. The van der Waals surface area contributed by atoms with Gasteiger partial charge in [-0.2, -0.15) is 5.26 Å². The highest BCUT2D eigenvalue weighted by Gasteiger charge is 2.16. The highest BCUT2D eigenvalue weighted by molar-refractivity contribution is 5.93. The zero-order valence-electron chi connectivity index (χ0n) is 10.3. The summed E-state index contributed by atoms with van der Waals surface area (Å²) in [6.45, 7) is 1.20. The van der Waals surface area contributed by atoms with Gasteiger partial charge < -0.3 is 15.4 Å². The van der Waals surface area contributed by atoms with Gasteiger partial charge in [0, 0.05) is 32.1 Å². The lowest BCUT2D eigenvalue weighted by atomic mass is 10.2. The molecule has 0 aromatic carbocycles. The summed E-state index contributed by atoms with van der Waals surface area (Å²) in [6.07, 6.45) is 1.76. The standard InChI is InChI=1S/C12H16N4O2/c1-18-8-7-16(6-2-4-13)12(17)11-9-10(14)3-5-15-11/h3,5,9H,2,6-8H2,1H3,(H2,14,15). The molecule has 6 nitrogen and oxygen atoms in total. The largest absolute Gasteiger partial charge is 0.399 e. The molecule has 1 heterocycles. The van der Waals surface area contributed by atoms with E-state index < -0.39 is 0 Å². The van der Waals surface area contributed by atoms with E-state index in [4.69, 9.17) is 15.7 Å². The number of nitrogens with two attached hydrogens (primary N) is 1. The number of nitriles is 1. The van der Waals surface area contributed by atoms with Crippen molar-refractivity contribution in [2.24, 2.45) is 0 Å². The molecule has 0 aliphatic carbocycles. The second kappa shape index (κ2) is 7.25. The Morgan fingerprint density at radius 3 is 3.00 bits per heavy atom. The number of pyridine rings is 1. The Morgan fingerprint density at radius 2 is 2.39 bits per heavy atom. The van der Waals surface area contributed by atoms with Crippen LogP contribution in [0.4, 0.5) is 5.69 Å². The van der Waals surface area contributed by atoms with Crippen molar-refractivity contribution in [3.8, 4) is 6.07 Å². The first kappa shape index (κ1) is 13.9. The van der Waals surface area contributed by atoms with Crippen LogP contribution in [0.1, 0.15) is 16.9 Å². The fourth-order valence-corrected chi connectivity index (χ4v) is 1.43. The summed E-state index contributed by atoms with van der Waals surface area (Å²) in [5.41, 5.74) is 6.38. The van der Waals surface area contributed by atoms with Crippen LogP contribution in [0.3, 0.4) is 0 Å². The second-order valence-electron chi connectivity index (χ2n) is 3.67. The van der Waals surface area contributed by atoms with Crippen molar-refractivity contribution in [1.29, 1.82) is 5.26 Å². The van der Waals surface area contributed by atoms with Crippen LogP contribution in [-0.4, -0.2) is 42.6 Å². The third-order valence-corrected chi connectivity index (χ3v) is 2.35. The molecule has 1 rings (SSSR count). The molecule has 1 aromatic rings. The molecule has 0 spiro atoms. The molecule has 0 radical (unpaired) electrons. The fraction of sp³-hybridized carbons (Fsp3) is 0.417. The molecular weight excluding hydrogens is 232 g/mol. The number of amides is 1. The van der Waals surface area contributed by atoms with Crippen molar-refractivity contribution < 1.29 is 9.53 Å². The van der Waals surface area contributed by atoms with Crippen molar-refractivity contribution in [3.05, 3.63) is 24.0 Å². The highest BCUT2D eigenvalue weighted by Crippen LogP contribution is 2.07. The number of anilines is 1. The molecule has 0 fully saturated rings. The fourth-order valence-electron chi connectivity index (χ4n) is 1.43. The van der Waals surface area contributed by atoms with Gasteiger partial charge in [-0.3, -0.25) is 9.78 Å². The van der Waals surface area contributed by atoms with Crippen molar-refractivity contribution in [1.82, 2.24) is 9.88 Å². The van der Waals surface area contributed by atoms with Gasteiger partial charge in [-0.25, -0.2) is 0 Å². The number of nitrogen functional groups attached to an aromatic ring is 1. The van der Waals surface area contributed by atoms with Gasteiger partial charge in [-0.05, 0) is 12.1 Å². The second-order valence-corrected chi connectivity index (χ2v) is 3.67. The average molecular weight is 248 g/mol. The van der Waals surface area contributed by atoms with E-state index in [0.717, 1.165) is 0 Å². The molecule has 18 heavy (non-hydrogen) atoms. The van der Waals surface area contributed by atoms with Gasteiger partial charge in [0.15, 0.2) is 0 Å². The zero-order valence-corrected chi connectivity index (χ0v) is 10.3. The summed E-state index contributed by atoms with van der Waals surface area (Å²) in [5.74, 6) is -0.241. The van der Waals surface area contributed by atoms with Crippen LogP contribution in [-0.2, 0) is 4.74 Å². The van der Waals surface area contributed by atoms with Gasteiger partial charge in [-0.15, -0.1) is 0 Å². The molecule has 0 saturated heterocycles. The van der Waals surface area contributed by atoms with Gasteiger partial charge in [0.2, 0.25) is 0 Å². The summed E-state index contributed by atoms with van der Waals surface area (Å²) < 4.78 is 4.94. The number of ether oxygens (including phenoxy) is 1. The molecule has 1 amide bonds. The lowest BCUT2D eigenvalue weighted by molar-refractivity contribution is 0.0694. The number of carbonyl (C=O) groups excluding carboxylic acids is 1. The normalized spacial score (nSPS) is 9.78. The predicted molar refractivity (Wildman–Crippen MR) is 66.7 cm³/mol. The Labute approximate surface area is 106 Å². The van der Waals surface area contributed by atoms with E-state index in [1.807, 2.05) is 6.07 Å². The minimum Gasteiger partial charge on any atom is -0.399 e. The van der Waals surface area contributed by atoms with Crippen LogP contribution >= 0.6 is 0 Å². The first-order chi connectivity index (χ1) is 8.69. The lowest BCUT2D eigenvalue weighted by Crippen LogP contribution is -2.35. The number of methoxy groups -OCH3 is 1. The van der Waals surface area contributed by atoms with Crippen LogP contribution < -0.4 is 5.73 Å². The monoisotopic (exact) mass is 248 g/mol. The molecule has 96 valence electrons. The minimum atomic E-state index is -0.241. The van der Waals surface area contributed by atoms with Gasteiger partial charge in [0.05, 0.1) is 19.1 Å². The Balaban J connectivity index is 2.77. The van der Waals surface area contributed by atoms with Gasteiger partial charge >= 0.3 is 0 Å². The summed E-state index contributed by atoms with van der Waals surface area (Å²) >= 11 is 0. The number of nitrogens with zero attached hydrogens (tertiary/aromatic N) is 3. The highest BCUT2D eigenvalue weighted by atomic mass is 16.5. The van der Waals surface area contributed by atoms with E-state index in [0.29, 0.717) is 25.4 Å². The third-order valence-electron chi connectivity index (χ3n) is 2.35. The van der Waals surface area contributed by atoms with Crippen LogP contribution in [0, 0.1) is 11.3 Å². The van der Waals surface area contributed by atoms with E-state index in [1.54, 1.807) is 13.2 Å². The number of aromatic nitrogens is 1. The molecule has 6 heteroatoms. The van der Waals surface area contributed by atoms with E-state index in [-0.39, 0.29) is 18.0 Å². The van der Waals surface area contributed by atoms with E-state index in [2.05, 4.69) is 4.98 Å². The van der Waals surface area contributed by atoms with E-state index >= 15 is 0 Å². The van der Waals surface area contributed by atoms with Crippen molar-refractivity contribution in [3.63, 3.8) is 0 Å². The third kappa shape index (κ3) is 4.03. The van der Waals surface area contributed by atoms with Crippen LogP contribution in [0.5, 0.6) is 0 Å². The number of hydrogen-bond acceptors (Lipinski definition) is 5. The van der Waals surface area contributed by atoms with Crippen molar-refractivity contribution >= 4 is 11.6 Å². The predicted octanol–water partition coefficient (Wildman–Crippen LogP) is 0.666. The van der Waals surface area contributed by atoms with Gasteiger partial charge in [0.1, 0.15) is 5.69 Å². The quantitative estimate of drug-likeness (QED) is 0.798. The summed E-state index contributed by atoms with van der Waals surface area (Å²) in [7, 11) is 1.56. The SMILES string of the molecule is COCCN(CCC#N)C(=O)c1cc(N)ccn1. The number of rotatable bonds is 6.